The Kier molecular flexibility index (Phi) is 5.80. The summed E-state index contributed by atoms with van der Waals surface area (Å²) < 4.78 is 6.51. The van der Waals surface area contributed by atoms with E-state index >= 15 is 0 Å². The first-order valence-corrected chi connectivity index (χ1v) is 8.17. The highest BCUT2D eigenvalue weighted by atomic mass is 79.9. The van der Waals surface area contributed by atoms with Crippen LogP contribution < -0.4 is 10.1 Å². The molecule has 2 rings (SSSR count). The van der Waals surface area contributed by atoms with Gasteiger partial charge in [0.2, 0.25) is 0 Å². The molecule has 0 aliphatic rings. The molecule has 21 heavy (non-hydrogen) atoms. The van der Waals surface area contributed by atoms with E-state index in [-0.39, 0.29) is 0 Å². The summed E-state index contributed by atoms with van der Waals surface area (Å²) >= 11 is 15.6. The Balaban J connectivity index is 2.22. The molecule has 1 N–H and O–H groups in total. The Morgan fingerprint density at radius 1 is 1.14 bits per heavy atom. The van der Waals surface area contributed by atoms with Crippen molar-refractivity contribution in [1.82, 2.24) is 0 Å². The van der Waals surface area contributed by atoms with E-state index in [2.05, 4.69) is 21.2 Å². The zero-order valence-electron chi connectivity index (χ0n) is 11.8. The Morgan fingerprint density at radius 3 is 2.57 bits per heavy atom. The lowest BCUT2D eigenvalue weighted by molar-refractivity contribution is 0.339. The summed E-state index contributed by atoms with van der Waals surface area (Å²) in [6.45, 7) is 5.26. The minimum Gasteiger partial charge on any atom is -0.491 e. The summed E-state index contributed by atoms with van der Waals surface area (Å²) in [5, 5.41) is 4.77. The lowest BCUT2D eigenvalue weighted by atomic mass is 10.1. The highest BCUT2D eigenvalue weighted by Gasteiger charge is 2.10. The maximum atomic E-state index is 6.11. The fourth-order valence-corrected chi connectivity index (χ4v) is 3.18. The summed E-state index contributed by atoms with van der Waals surface area (Å²) in [6.07, 6.45) is 0. The SMILES string of the molecule is CCOc1c(Br)cc(Cl)cc1NCc1ccc(Cl)cc1C. The van der Waals surface area contributed by atoms with Gasteiger partial charge in [-0.3, -0.25) is 0 Å². The number of nitrogens with one attached hydrogen (secondary N) is 1. The van der Waals surface area contributed by atoms with Crippen LogP contribution >= 0.6 is 39.1 Å². The molecule has 0 spiro atoms. The summed E-state index contributed by atoms with van der Waals surface area (Å²) in [6, 6.07) is 9.55. The maximum absolute atomic E-state index is 6.11. The lowest BCUT2D eigenvalue weighted by Crippen LogP contribution is -2.04. The second kappa shape index (κ2) is 7.39. The van der Waals surface area contributed by atoms with Crippen LogP contribution in [0.2, 0.25) is 10.0 Å². The topological polar surface area (TPSA) is 21.3 Å². The molecule has 2 aromatic carbocycles. The van der Waals surface area contributed by atoms with Crippen LogP contribution in [0, 0.1) is 6.92 Å². The van der Waals surface area contributed by atoms with Crippen LogP contribution in [-0.2, 0) is 6.54 Å². The highest BCUT2D eigenvalue weighted by Crippen LogP contribution is 2.37. The quantitative estimate of drug-likeness (QED) is 0.670. The largest absolute Gasteiger partial charge is 0.491 e. The Bertz CT molecular complexity index is 646. The van der Waals surface area contributed by atoms with Gasteiger partial charge in [0.25, 0.3) is 0 Å². The molecule has 0 saturated heterocycles. The molecule has 0 aromatic heterocycles. The molecular formula is C16H16BrCl2NO. The van der Waals surface area contributed by atoms with Crippen LogP contribution in [-0.4, -0.2) is 6.61 Å². The third-order valence-corrected chi connectivity index (χ3v) is 4.11. The van der Waals surface area contributed by atoms with Crippen molar-refractivity contribution in [2.45, 2.75) is 20.4 Å². The van der Waals surface area contributed by atoms with Crippen molar-refractivity contribution in [3.8, 4) is 5.75 Å². The number of anilines is 1. The number of rotatable bonds is 5. The first kappa shape index (κ1) is 16.5. The van der Waals surface area contributed by atoms with Crippen LogP contribution in [0.1, 0.15) is 18.1 Å². The number of benzene rings is 2. The number of hydrogen-bond acceptors (Lipinski definition) is 2. The van der Waals surface area contributed by atoms with Crippen molar-refractivity contribution in [3.05, 3.63) is 56.0 Å². The molecule has 0 saturated carbocycles. The average Bonchev–Trinajstić information content (AvgIpc) is 2.41. The molecule has 0 unspecified atom stereocenters. The van der Waals surface area contributed by atoms with Gasteiger partial charge in [-0.05, 0) is 65.2 Å². The van der Waals surface area contributed by atoms with Crippen LogP contribution in [0.15, 0.2) is 34.8 Å². The van der Waals surface area contributed by atoms with Gasteiger partial charge in [0.1, 0.15) is 0 Å². The van der Waals surface area contributed by atoms with Crippen LogP contribution in [0.5, 0.6) is 5.75 Å². The molecule has 112 valence electrons. The van der Waals surface area contributed by atoms with E-state index in [0.29, 0.717) is 18.2 Å². The number of halogens is 3. The van der Waals surface area contributed by atoms with Crippen molar-refractivity contribution < 1.29 is 4.74 Å². The van der Waals surface area contributed by atoms with Crippen molar-refractivity contribution in [3.63, 3.8) is 0 Å². The zero-order valence-corrected chi connectivity index (χ0v) is 14.9. The predicted octanol–water partition coefficient (Wildman–Crippen LogP) is 6.08. The molecule has 2 aromatic rings. The van der Waals surface area contributed by atoms with Crippen molar-refractivity contribution in [2.24, 2.45) is 0 Å². The van der Waals surface area contributed by atoms with E-state index in [0.717, 1.165) is 26.5 Å². The van der Waals surface area contributed by atoms with Gasteiger partial charge in [-0.15, -0.1) is 0 Å². The van der Waals surface area contributed by atoms with E-state index in [1.807, 2.05) is 44.2 Å². The average molecular weight is 389 g/mol. The first-order chi connectivity index (χ1) is 10.0. The summed E-state index contributed by atoms with van der Waals surface area (Å²) in [4.78, 5) is 0. The molecular weight excluding hydrogens is 373 g/mol. The molecule has 0 aliphatic heterocycles. The van der Waals surface area contributed by atoms with E-state index in [1.165, 1.54) is 5.56 Å². The van der Waals surface area contributed by atoms with Crippen molar-refractivity contribution in [2.75, 3.05) is 11.9 Å². The molecule has 5 heteroatoms. The number of aryl methyl sites for hydroxylation is 1. The molecule has 0 fully saturated rings. The van der Waals surface area contributed by atoms with Crippen LogP contribution in [0.4, 0.5) is 5.69 Å². The minimum atomic E-state index is 0.592. The Hall–Kier alpha value is -0.900. The highest BCUT2D eigenvalue weighted by molar-refractivity contribution is 9.10. The fourth-order valence-electron chi connectivity index (χ4n) is 2.03. The van der Waals surface area contributed by atoms with Gasteiger partial charge in [-0.1, -0.05) is 29.3 Å². The number of ether oxygens (including phenoxy) is 1. The molecule has 0 heterocycles. The Labute approximate surface area is 143 Å². The van der Waals surface area contributed by atoms with Gasteiger partial charge in [0, 0.05) is 16.6 Å². The standard InChI is InChI=1S/C16H16BrCl2NO/c1-3-21-16-14(17)7-13(19)8-15(16)20-9-11-4-5-12(18)6-10(11)2/h4-8,20H,3,9H2,1-2H3. The summed E-state index contributed by atoms with van der Waals surface area (Å²) in [5.41, 5.74) is 3.19. The second-order valence-electron chi connectivity index (χ2n) is 4.62. The minimum absolute atomic E-state index is 0.592. The van der Waals surface area contributed by atoms with Gasteiger partial charge in [0.05, 0.1) is 16.8 Å². The van der Waals surface area contributed by atoms with Gasteiger partial charge < -0.3 is 10.1 Å². The van der Waals surface area contributed by atoms with Crippen LogP contribution in [0.25, 0.3) is 0 Å². The lowest BCUT2D eigenvalue weighted by Gasteiger charge is -2.15. The fraction of sp³-hybridized carbons (Fsp3) is 0.250. The molecule has 0 radical (unpaired) electrons. The molecule has 2 nitrogen and oxygen atoms in total. The molecule has 0 aliphatic carbocycles. The maximum Gasteiger partial charge on any atom is 0.156 e. The van der Waals surface area contributed by atoms with Gasteiger partial charge in [-0.25, -0.2) is 0 Å². The van der Waals surface area contributed by atoms with Gasteiger partial charge >= 0.3 is 0 Å². The first-order valence-electron chi connectivity index (χ1n) is 6.62. The number of hydrogen-bond donors (Lipinski definition) is 1. The molecule has 0 atom stereocenters. The van der Waals surface area contributed by atoms with E-state index in [4.69, 9.17) is 27.9 Å². The van der Waals surface area contributed by atoms with Crippen molar-refractivity contribution >= 4 is 44.8 Å². The van der Waals surface area contributed by atoms with Gasteiger partial charge in [0.15, 0.2) is 5.75 Å². The second-order valence-corrected chi connectivity index (χ2v) is 6.35. The predicted molar refractivity (Wildman–Crippen MR) is 93.8 cm³/mol. The smallest absolute Gasteiger partial charge is 0.156 e. The monoisotopic (exact) mass is 387 g/mol. The van der Waals surface area contributed by atoms with Crippen molar-refractivity contribution in [1.29, 1.82) is 0 Å². The summed E-state index contributed by atoms with van der Waals surface area (Å²) in [5.74, 6) is 0.772. The zero-order chi connectivity index (χ0) is 15.4. The molecule has 0 amide bonds. The summed E-state index contributed by atoms with van der Waals surface area (Å²) in [7, 11) is 0. The molecule has 0 bridgehead atoms. The normalized spacial score (nSPS) is 10.5. The van der Waals surface area contributed by atoms with Gasteiger partial charge in [-0.2, -0.15) is 0 Å². The Morgan fingerprint density at radius 2 is 1.90 bits per heavy atom. The van der Waals surface area contributed by atoms with Crippen LogP contribution in [0.3, 0.4) is 0 Å². The van der Waals surface area contributed by atoms with E-state index in [9.17, 15) is 0 Å². The third kappa shape index (κ3) is 4.29. The van der Waals surface area contributed by atoms with E-state index in [1.54, 1.807) is 0 Å². The third-order valence-electron chi connectivity index (χ3n) is 3.07. The van der Waals surface area contributed by atoms with E-state index < -0.39 is 0 Å².